The van der Waals surface area contributed by atoms with Crippen LogP contribution in [0.25, 0.3) is 0 Å². The van der Waals surface area contributed by atoms with E-state index in [0.29, 0.717) is 16.6 Å². The highest BCUT2D eigenvalue weighted by Gasteiger charge is 2.15. The molecule has 32 heavy (non-hydrogen) atoms. The summed E-state index contributed by atoms with van der Waals surface area (Å²) in [5, 5.41) is 5.33. The minimum atomic E-state index is 0.285. The van der Waals surface area contributed by atoms with Crippen LogP contribution in [0.3, 0.4) is 0 Å². The summed E-state index contributed by atoms with van der Waals surface area (Å²) in [7, 11) is 0. The zero-order chi connectivity index (χ0) is 22.5. The van der Waals surface area contributed by atoms with Crippen LogP contribution >= 0.6 is 50.7 Å². The van der Waals surface area contributed by atoms with Crippen molar-refractivity contribution in [2.75, 3.05) is 36.5 Å². The monoisotopic (exact) mass is 554 g/mol. The lowest BCUT2D eigenvalue weighted by atomic mass is 10.2. The Balaban J connectivity index is 1.45. The molecule has 1 N–H and O–H groups in total. The molecule has 0 aromatic heterocycles. The van der Waals surface area contributed by atoms with Gasteiger partial charge in [0.2, 0.25) is 0 Å². The van der Waals surface area contributed by atoms with Crippen molar-refractivity contribution in [1.82, 2.24) is 0 Å². The number of nitrogens with zero attached hydrogens (tertiary/aromatic N) is 1. The SMILES string of the molecule is Clc1cc(NCc2cc(Br)ccc2OCc2c(Cl)cccc2Cl)ccc1N1CCOCC1. The molecule has 0 bridgehead atoms. The van der Waals surface area contributed by atoms with E-state index >= 15 is 0 Å². The predicted molar refractivity (Wildman–Crippen MR) is 137 cm³/mol. The molecule has 0 spiro atoms. The van der Waals surface area contributed by atoms with Gasteiger partial charge in [-0.1, -0.05) is 56.8 Å². The summed E-state index contributed by atoms with van der Waals surface area (Å²) in [6, 6.07) is 17.4. The van der Waals surface area contributed by atoms with Crippen LogP contribution in [0.5, 0.6) is 5.75 Å². The third-order valence-electron chi connectivity index (χ3n) is 5.24. The van der Waals surface area contributed by atoms with Crippen molar-refractivity contribution in [3.05, 3.63) is 85.3 Å². The lowest BCUT2D eigenvalue weighted by Gasteiger charge is -2.29. The van der Waals surface area contributed by atoms with E-state index < -0.39 is 0 Å². The summed E-state index contributed by atoms with van der Waals surface area (Å²) < 4.78 is 12.5. The Kier molecular flexibility index (Phi) is 8.08. The van der Waals surface area contributed by atoms with Crippen LogP contribution in [0.1, 0.15) is 11.1 Å². The topological polar surface area (TPSA) is 33.7 Å². The average Bonchev–Trinajstić information content (AvgIpc) is 2.79. The van der Waals surface area contributed by atoms with E-state index in [2.05, 4.69) is 26.1 Å². The largest absolute Gasteiger partial charge is 0.488 e. The Morgan fingerprint density at radius 1 is 0.938 bits per heavy atom. The fourth-order valence-electron chi connectivity index (χ4n) is 3.52. The molecular formula is C24H22BrCl3N2O2. The minimum absolute atomic E-state index is 0.285. The Bertz CT molecular complexity index is 1070. The van der Waals surface area contributed by atoms with Crippen LogP contribution in [0.4, 0.5) is 11.4 Å². The first-order chi connectivity index (χ1) is 15.5. The van der Waals surface area contributed by atoms with Gasteiger partial charge in [0, 0.05) is 51.0 Å². The van der Waals surface area contributed by atoms with Crippen LogP contribution in [-0.2, 0) is 17.9 Å². The number of morpholine rings is 1. The molecule has 1 aliphatic heterocycles. The van der Waals surface area contributed by atoms with Crippen molar-refractivity contribution in [1.29, 1.82) is 0 Å². The number of halogens is 4. The molecular weight excluding hydrogens is 535 g/mol. The summed E-state index contributed by atoms with van der Waals surface area (Å²) in [5.41, 5.74) is 3.73. The van der Waals surface area contributed by atoms with Crippen LogP contribution < -0.4 is 15.0 Å². The highest BCUT2D eigenvalue weighted by atomic mass is 79.9. The lowest BCUT2D eigenvalue weighted by molar-refractivity contribution is 0.122. The van der Waals surface area contributed by atoms with E-state index in [1.165, 1.54) is 0 Å². The third kappa shape index (κ3) is 5.83. The van der Waals surface area contributed by atoms with Crippen LogP contribution in [0.15, 0.2) is 59.1 Å². The molecule has 0 atom stereocenters. The van der Waals surface area contributed by atoms with Gasteiger partial charge in [0.1, 0.15) is 12.4 Å². The molecule has 0 unspecified atom stereocenters. The van der Waals surface area contributed by atoms with Gasteiger partial charge in [-0.2, -0.15) is 0 Å². The second kappa shape index (κ2) is 11.0. The number of nitrogens with one attached hydrogen (secondary N) is 1. The molecule has 0 aliphatic carbocycles. The number of rotatable bonds is 7. The maximum atomic E-state index is 6.57. The van der Waals surface area contributed by atoms with E-state index in [-0.39, 0.29) is 6.61 Å². The third-order valence-corrected chi connectivity index (χ3v) is 6.74. The van der Waals surface area contributed by atoms with Gasteiger partial charge in [0.15, 0.2) is 0 Å². The summed E-state index contributed by atoms with van der Waals surface area (Å²) >= 11 is 22.7. The molecule has 1 saturated heterocycles. The van der Waals surface area contributed by atoms with Crippen LogP contribution in [0, 0.1) is 0 Å². The maximum Gasteiger partial charge on any atom is 0.124 e. The fourth-order valence-corrected chi connectivity index (χ4v) is 4.74. The Morgan fingerprint density at radius 2 is 1.69 bits per heavy atom. The molecule has 4 nitrogen and oxygen atoms in total. The second-order valence-electron chi connectivity index (χ2n) is 7.36. The minimum Gasteiger partial charge on any atom is -0.488 e. The zero-order valence-corrected chi connectivity index (χ0v) is 21.1. The van der Waals surface area contributed by atoms with E-state index in [1.54, 1.807) is 12.1 Å². The van der Waals surface area contributed by atoms with Gasteiger partial charge in [-0.25, -0.2) is 0 Å². The molecule has 168 valence electrons. The zero-order valence-electron chi connectivity index (χ0n) is 17.2. The van der Waals surface area contributed by atoms with Gasteiger partial charge in [0.05, 0.1) is 23.9 Å². The highest BCUT2D eigenvalue weighted by molar-refractivity contribution is 9.10. The molecule has 8 heteroatoms. The predicted octanol–water partition coefficient (Wildman–Crippen LogP) is 7.44. The number of ether oxygens (including phenoxy) is 2. The van der Waals surface area contributed by atoms with Gasteiger partial charge >= 0.3 is 0 Å². The first-order valence-electron chi connectivity index (χ1n) is 10.2. The van der Waals surface area contributed by atoms with Crippen molar-refractivity contribution in [3.63, 3.8) is 0 Å². The van der Waals surface area contributed by atoms with Gasteiger partial charge in [-0.3, -0.25) is 0 Å². The molecule has 3 aromatic carbocycles. The Morgan fingerprint density at radius 3 is 2.41 bits per heavy atom. The molecule has 0 amide bonds. The molecule has 1 fully saturated rings. The number of hydrogen-bond donors (Lipinski definition) is 1. The molecule has 1 aliphatic rings. The molecule has 0 radical (unpaired) electrons. The number of hydrogen-bond acceptors (Lipinski definition) is 4. The molecule has 1 heterocycles. The van der Waals surface area contributed by atoms with Crippen LogP contribution in [-0.4, -0.2) is 26.3 Å². The quantitative estimate of drug-likeness (QED) is 0.328. The fraction of sp³-hybridized carbons (Fsp3) is 0.250. The lowest BCUT2D eigenvalue weighted by Crippen LogP contribution is -2.36. The smallest absolute Gasteiger partial charge is 0.124 e. The normalized spacial score (nSPS) is 13.8. The standard InChI is InChI=1S/C24H22BrCl3N2O2/c25-17-4-7-24(32-15-19-20(26)2-1-3-21(19)27)16(12-17)14-29-18-5-6-23(22(28)13-18)30-8-10-31-11-9-30/h1-7,12-13,29H,8-11,14-15H2. The van der Waals surface area contributed by atoms with E-state index in [1.807, 2.05) is 42.5 Å². The summed E-state index contributed by atoms with van der Waals surface area (Å²) in [6.45, 7) is 4.00. The number of anilines is 2. The molecule has 3 aromatic rings. The van der Waals surface area contributed by atoms with Crippen molar-refractivity contribution >= 4 is 62.1 Å². The van der Waals surface area contributed by atoms with Crippen molar-refractivity contribution in [2.45, 2.75) is 13.2 Å². The first kappa shape index (κ1) is 23.5. The van der Waals surface area contributed by atoms with Crippen LogP contribution in [0.2, 0.25) is 15.1 Å². The van der Waals surface area contributed by atoms with E-state index in [4.69, 9.17) is 44.3 Å². The maximum absolute atomic E-state index is 6.57. The van der Waals surface area contributed by atoms with Crippen molar-refractivity contribution in [2.24, 2.45) is 0 Å². The first-order valence-corrected chi connectivity index (χ1v) is 12.1. The van der Waals surface area contributed by atoms with Crippen molar-refractivity contribution < 1.29 is 9.47 Å². The van der Waals surface area contributed by atoms with Gasteiger partial charge < -0.3 is 19.7 Å². The Labute approximate surface area is 211 Å². The van der Waals surface area contributed by atoms with Gasteiger partial charge in [0.25, 0.3) is 0 Å². The molecule has 0 saturated carbocycles. The van der Waals surface area contributed by atoms with Gasteiger partial charge in [-0.15, -0.1) is 0 Å². The molecule has 4 rings (SSSR count). The second-order valence-corrected chi connectivity index (χ2v) is 9.50. The van der Waals surface area contributed by atoms with Gasteiger partial charge in [-0.05, 0) is 48.5 Å². The summed E-state index contributed by atoms with van der Waals surface area (Å²) in [4.78, 5) is 2.25. The summed E-state index contributed by atoms with van der Waals surface area (Å²) in [5.74, 6) is 0.757. The Hall–Kier alpha value is -1.63. The highest BCUT2D eigenvalue weighted by Crippen LogP contribution is 2.31. The van der Waals surface area contributed by atoms with Crippen molar-refractivity contribution in [3.8, 4) is 5.75 Å². The van der Waals surface area contributed by atoms with E-state index in [0.717, 1.165) is 64.0 Å². The summed E-state index contributed by atoms with van der Waals surface area (Å²) in [6.07, 6.45) is 0. The van der Waals surface area contributed by atoms with E-state index in [9.17, 15) is 0 Å². The number of benzene rings is 3. The average molecular weight is 557 g/mol.